The van der Waals surface area contributed by atoms with E-state index in [9.17, 15) is 0 Å². The number of hydrogen-bond donors (Lipinski definition) is 2. The second-order valence-corrected chi connectivity index (χ2v) is 33.2. The number of benzene rings is 3. The van der Waals surface area contributed by atoms with E-state index in [0.29, 0.717) is 17.7 Å². The van der Waals surface area contributed by atoms with Gasteiger partial charge in [-0.3, -0.25) is 0 Å². The van der Waals surface area contributed by atoms with Gasteiger partial charge in [0.25, 0.3) is 0 Å². The van der Waals surface area contributed by atoms with Crippen molar-refractivity contribution in [1.29, 1.82) is 0 Å². The molecule has 2 N–H and O–H groups in total. The summed E-state index contributed by atoms with van der Waals surface area (Å²) in [4.78, 5) is 24.5. The summed E-state index contributed by atoms with van der Waals surface area (Å²) in [5, 5.41) is 7.75. The van der Waals surface area contributed by atoms with E-state index in [1.165, 1.54) is 349 Å². The minimum atomic E-state index is 0.588. The SMILES string of the molecule is CCCCCCCCCCSc1cc(Nc2nc(Nc3cc(SCCCCCCCCCC)c(SCCCCCCCCCC)c(SCCCCCCCCCC)c3)nc(-c3ccccc3)n2)cc(SCCCCCCCCCC)c1SCCCCCCCCCC. The maximum atomic E-state index is 5.32. The third-order valence-electron chi connectivity index (χ3n) is 17.7. The highest BCUT2D eigenvalue weighted by Crippen LogP contribution is 2.45. The first-order chi connectivity index (χ1) is 45.5. The molecule has 0 atom stereocenters. The van der Waals surface area contributed by atoms with E-state index >= 15 is 0 Å². The predicted molar refractivity (Wildman–Crippen MR) is 425 cm³/mol. The molecule has 0 amide bonds. The number of nitrogens with one attached hydrogen (secondary N) is 2. The summed E-state index contributed by atoms with van der Waals surface area (Å²) in [6, 6.07) is 20.4. The van der Waals surface area contributed by atoms with Crippen LogP contribution in [0.4, 0.5) is 23.3 Å². The second kappa shape index (κ2) is 59.4. The van der Waals surface area contributed by atoms with Crippen LogP contribution in [0.25, 0.3) is 11.4 Å². The normalized spacial score (nSPS) is 11.6. The van der Waals surface area contributed by atoms with Gasteiger partial charge in [0, 0.05) is 46.3 Å². The monoisotopic (exact) mass is 1370 g/mol. The number of aromatic nitrogens is 3. The third kappa shape index (κ3) is 40.9. The summed E-state index contributed by atoms with van der Waals surface area (Å²) in [5.74, 6) is 8.83. The zero-order chi connectivity index (χ0) is 65.3. The molecule has 1 heterocycles. The largest absolute Gasteiger partial charge is 0.324 e. The van der Waals surface area contributed by atoms with Gasteiger partial charge in [-0.25, -0.2) is 0 Å². The smallest absolute Gasteiger partial charge is 0.232 e. The number of anilines is 4. The van der Waals surface area contributed by atoms with Crippen LogP contribution in [0.15, 0.2) is 84.0 Å². The van der Waals surface area contributed by atoms with Crippen molar-refractivity contribution in [2.45, 2.75) is 379 Å². The van der Waals surface area contributed by atoms with Crippen LogP contribution in [-0.4, -0.2) is 49.5 Å². The van der Waals surface area contributed by atoms with E-state index in [2.05, 4.69) is 177 Å². The Bertz CT molecular complexity index is 2110. The fourth-order valence-electron chi connectivity index (χ4n) is 12.0. The lowest BCUT2D eigenvalue weighted by atomic mass is 10.1. The van der Waals surface area contributed by atoms with Gasteiger partial charge in [-0.2, -0.15) is 15.0 Å². The predicted octanol–water partition coefficient (Wildman–Crippen LogP) is 30.4. The molecule has 522 valence electrons. The van der Waals surface area contributed by atoms with Crippen LogP contribution in [-0.2, 0) is 0 Å². The van der Waals surface area contributed by atoms with Gasteiger partial charge in [0.05, 0.1) is 0 Å². The van der Waals surface area contributed by atoms with Crippen LogP contribution < -0.4 is 10.6 Å². The van der Waals surface area contributed by atoms with Gasteiger partial charge in [-0.15, -0.1) is 70.6 Å². The van der Waals surface area contributed by atoms with Crippen LogP contribution in [0.1, 0.15) is 350 Å². The topological polar surface area (TPSA) is 62.7 Å². The molecule has 0 aliphatic heterocycles. The molecular weight excluding hydrogens is 1240 g/mol. The minimum absolute atomic E-state index is 0.588. The molecule has 11 heteroatoms. The number of nitrogens with zero attached hydrogens (tertiary/aromatic N) is 3. The van der Waals surface area contributed by atoms with Crippen molar-refractivity contribution in [3.05, 3.63) is 54.6 Å². The Morgan fingerprint density at radius 2 is 0.467 bits per heavy atom. The van der Waals surface area contributed by atoms with Gasteiger partial charge < -0.3 is 10.6 Å². The van der Waals surface area contributed by atoms with E-state index in [1.54, 1.807) is 0 Å². The molecule has 0 spiro atoms. The number of unbranched alkanes of at least 4 members (excludes halogenated alkanes) is 42. The van der Waals surface area contributed by atoms with Crippen molar-refractivity contribution in [2.75, 3.05) is 45.2 Å². The summed E-state index contributed by atoms with van der Waals surface area (Å²) in [5.41, 5.74) is 3.14. The standard InChI is InChI=1S/C81H137N5S6/c1-7-13-19-25-31-37-43-52-60-87-73-66-71(67-74(88-61-53-44-38-32-26-20-14-8-2)77(73)91-64-56-47-41-35-29-23-17-11-5)82-80-84-79(70-58-50-49-51-59-70)85-81(86-80)83-72-68-75(89-62-54-45-39-33-27-21-15-9-3)78(92-65-57-48-42-36-30-24-18-12-6)76(69-72)90-63-55-46-40-34-28-22-16-10-4/h49-51,58-59,66-69H,7-48,52-57,60-65H2,1-6H3,(H2,82,83,84,85,86). The molecular formula is C81H137N5S6. The van der Waals surface area contributed by atoms with Crippen molar-refractivity contribution in [3.8, 4) is 11.4 Å². The molecule has 3 aromatic carbocycles. The molecule has 0 aliphatic rings. The molecule has 0 unspecified atom stereocenters. The lowest BCUT2D eigenvalue weighted by molar-refractivity contribution is 0.586. The highest BCUT2D eigenvalue weighted by molar-refractivity contribution is 8.04. The Morgan fingerprint density at radius 3 is 0.707 bits per heavy atom. The highest BCUT2D eigenvalue weighted by Gasteiger charge is 2.19. The van der Waals surface area contributed by atoms with E-state index in [-0.39, 0.29) is 0 Å². The van der Waals surface area contributed by atoms with Crippen molar-refractivity contribution in [2.24, 2.45) is 0 Å². The first kappa shape index (κ1) is 82.8. The highest BCUT2D eigenvalue weighted by atomic mass is 32.2. The van der Waals surface area contributed by atoms with Gasteiger partial charge in [-0.05, 0) is 97.3 Å². The molecule has 4 rings (SSSR count). The summed E-state index contributed by atoms with van der Waals surface area (Å²) in [6.07, 6.45) is 64.8. The van der Waals surface area contributed by atoms with E-state index < -0.39 is 0 Å². The fourth-order valence-corrected chi connectivity index (χ4v) is 19.5. The van der Waals surface area contributed by atoms with Crippen LogP contribution in [0.2, 0.25) is 0 Å². The Balaban J connectivity index is 1.72. The van der Waals surface area contributed by atoms with Crippen molar-refractivity contribution >= 4 is 93.8 Å². The molecule has 92 heavy (non-hydrogen) atoms. The Morgan fingerprint density at radius 1 is 0.250 bits per heavy atom. The summed E-state index contributed by atoms with van der Waals surface area (Å²) >= 11 is 12.6. The molecule has 4 aromatic rings. The number of hydrogen-bond acceptors (Lipinski definition) is 11. The molecule has 1 aromatic heterocycles. The van der Waals surface area contributed by atoms with Crippen LogP contribution >= 0.6 is 70.6 Å². The zero-order valence-corrected chi connectivity index (χ0v) is 65.1. The average Bonchev–Trinajstić information content (AvgIpc) is 0.921. The molecule has 0 fully saturated rings. The Kier molecular flexibility index (Phi) is 53.5. The lowest BCUT2D eigenvalue weighted by Crippen LogP contribution is -2.06. The first-order valence-corrected chi connectivity index (χ1v) is 44.9. The molecule has 0 aliphatic carbocycles. The third-order valence-corrected chi connectivity index (χ3v) is 25.2. The summed E-state index contributed by atoms with van der Waals surface area (Å²) in [7, 11) is 0. The zero-order valence-electron chi connectivity index (χ0n) is 60.2. The molecule has 5 nitrogen and oxygen atoms in total. The van der Waals surface area contributed by atoms with E-state index in [0.717, 1.165) is 39.9 Å². The van der Waals surface area contributed by atoms with Crippen molar-refractivity contribution in [1.82, 2.24) is 15.0 Å². The average molecular weight is 1370 g/mol. The second-order valence-electron chi connectivity index (χ2n) is 26.5. The molecule has 0 bridgehead atoms. The summed E-state index contributed by atoms with van der Waals surface area (Å²) < 4.78 is 0. The number of rotatable bonds is 65. The van der Waals surface area contributed by atoms with E-state index in [4.69, 9.17) is 15.0 Å². The Hall–Kier alpha value is -1.63. The fraction of sp³-hybridized carbons (Fsp3) is 0.741. The van der Waals surface area contributed by atoms with Gasteiger partial charge in [-0.1, -0.05) is 342 Å². The summed E-state index contributed by atoms with van der Waals surface area (Å²) in [6.45, 7) is 13.9. The van der Waals surface area contributed by atoms with E-state index in [1.807, 2.05) is 0 Å². The molecule has 0 radical (unpaired) electrons. The van der Waals surface area contributed by atoms with Gasteiger partial charge >= 0.3 is 0 Å². The lowest BCUT2D eigenvalue weighted by Gasteiger charge is -2.19. The van der Waals surface area contributed by atoms with Crippen LogP contribution in [0.3, 0.4) is 0 Å². The number of thioether (sulfide) groups is 6. The van der Waals surface area contributed by atoms with Crippen molar-refractivity contribution in [3.63, 3.8) is 0 Å². The first-order valence-electron chi connectivity index (χ1n) is 39.0. The van der Waals surface area contributed by atoms with Crippen LogP contribution in [0, 0.1) is 0 Å². The minimum Gasteiger partial charge on any atom is -0.324 e. The van der Waals surface area contributed by atoms with Gasteiger partial charge in [0.2, 0.25) is 11.9 Å². The van der Waals surface area contributed by atoms with Crippen molar-refractivity contribution < 1.29 is 0 Å². The van der Waals surface area contributed by atoms with Gasteiger partial charge in [0.1, 0.15) is 0 Å². The maximum absolute atomic E-state index is 5.32. The van der Waals surface area contributed by atoms with Gasteiger partial charge in [0.15, 0.2) is 5.82 Å². The maximum Gasteiger partial charge on any atom is 0.232 e. The van der Waals surface area contributed by atoms with Crippen LogP contribution in [0.5, 0.6) is 0 Å². The Labute approximate surface area is 594 Å². The quantitative estimate of drug-likeness (QED) is 0.0328. The molecule has 0 saturated heterocycles. The molecule has 0 saturated carbocycles.